The van der Waals surface area contributed by atoms with Gasteiger partial charge in [-0.25, -0.2) is 0 Å². The number of halogens is 3. The second kappa shape index (κ2) is 6.53. The van der Waals surface area contributed by atoms with Gasteiger partial charge in [0, 0.05) is 27.0 Å². The second-order valence-corrected chi connectivity index (χ2v) is 7.84. The van der Waals surface area contributed by atoms with Crippen LogP contribution in [0.2, 0.25) is 5.02 Å². The zero-order chi connectivity index (χ0) is 13.1. The lowest BCUT2D eigenvalue weighted by molar-refractivity contribution is 0.579. The van der Waals surface area contributed by atoms with E-state index in [1.54, 1.807) is 11.3 Å². The van der Waals surface area contributed by atoms with Crippen molar-refractivity contribution in [2.45, 2.75) is 19.5 Å². The van der Waals surface area contributed by atoms with Crippen molar-refractivity contribution in [3.05, 3.63) is 54.1 Å². The number of benzene rings is 1. The van der Waals surface area contributed by atoms with Crippen LogP contribution in [0.1, 0.15) is 23.4 Å². The molecule has 1 aromatic heterocycles. The number of nitrogens with one attached hydrogen (secondary N) is 1. The molecular formula is C13H12Br2ClNS. The first kappa shape index (κ1) is 14.5. The van der Waals surface area contributed by atoms with Gasteiger partial charge in [0.25, 0.3) is 0 Å². The molecule has 0 spiro atoms. The van der Waals surface area contributed by atoms with Crippen LogP contribution >= 0.6 is 54.8 Å². The van der Waals surface area contributed by atoms with Crippen LogP contribution in [-0.4, -0.2) is 0 Å². The Hall–Kier alpha value is 0.130. The maximum Gasteiger partial charge on any atom is 0.0701 e. The topological polar surface area (TPSA) is 12.0 Å². The molecular weight excluding hydrogens is 397 g/mol. The average molecular weight is 410 g/mol. The van der Waals surface area contributed by atoms with Gasteiger partial charge in [-0.15, -0.1) is 11.3 Å². The first-order valence-corrected chi connectivity index (χ1v) is 8.27. The van der Waals surface area contributed by atoms with Crippen molar-refractivity contribution < 1.29 is 0 Å². The third kappa shape index (κ3) is 3.81. The van der Waals surface area contributed by atoms with Gasteiger partial charge in [0.15, 0.2) is 0 Å². The highest BCUT2D eigenvalue weighted by molar-refractivity contribution is 9.11. The molecule has 0 amide bonds. The monoisotopic (exact) mass is 407 g/mol. The summed E-state index contributed by atoms with van der Waals surface area (Å²) < 4.78 is 2.17. The van der Waals surface area contributed by atoms with Crippen molar-refractivity contribution in [2.75, 3.05) is 0 Å². The highest BCUT2D eigenvalue weighted by Gasteiger charge is 2.09. The normalized spacial score (nSPS) is 12.7. The number of hydrogen-bond donors (Lipinski definition) is 1. The van der Waals surface area contributed by atoms with E-state index in [1.165, 1.54) is 4.88 Å². The summed E-state index contributed by atoms with van der Waals surface area (Å²) in [6.07, 6.45) is 0. The van der Waals surface area contributed by atoms with Crippen molar-refractivity contribution in [2.24, 2.45) is 0 Å². The molecule has 0 bridgehead atoms. The zero-order valence-electron chi connectivity index (χ0n) is 9.71. The van der Waals surface area contributed by atoms with Gasteiger partial charge in [0.05, 0.1) is 3.79 Å². The molecule has 0 saturated carbocycles. The summed E-state index contributed by atoms with van der Waals surface area (Å²) in [6, 6.07) is 10.4. The van der Waals surface area contributed by atoms with Crippen molar-refractivity contribution >= 4 is 54.8 Å². The Morgan fingerprint density at radius 2 is 2.06 bits per heavy atom. The Balaban J connectivity index is 2.01. The van der Waals surface area contributed by atoms with Crippen molar-refractivity contribution in [3.63, 3.8) is 0 Å². The lowest BCUT2D eigenvalue weighted by atomic mass is 10.1. The maximum atomic E-state index is 6.24. The van der Waals surface area contributed by atoms with E-state index in [1.807, 2.05) is 12.1 Å². The molecule has 1 unspecified atom stereocenters. The van der Waals surface area contributed by atoms with Crippen LogP contribution < -0.4 is 5.32 Å². The van der Waals surface area contributed by atoms with Crippen molar-refractivity contribution in [1.82, 2.24) is 5.32 Å². The van der Waals surface area contributed by atoms with E-state index in [2.05, 4.69) is 62.3 Å². The van der Waals surface area contributed by atoms with Crippen LogP contribution in [0.5, 0.6) is 0 Å². The Kier molecular flexibility index (Phi) is 5.27. The van der Waals surface area contributed by atoms with Crippen LogP contribution in [0, 0.1) is 0 Å². The molecule has 0 radical (unpaired) electrons. The summed E-state index contributed by atoms with van der Waals surface area (Å²) >= 11 is 14.9. The molecule has 1 aromatic carbocycles. The summed E-state index contributed by atoms with van der Waals surface area (Å²) in [5.41, 5.74) is 1.12. The third-order valence-electron chi connectivity index (χ3n) is 2.64. The van der Waals surface area contributed by atoms with E-state index in [0.29, 0.717) is 0 Å². The fourth-order valence-corrected chi connectivity index (χ4v) is 3.93. The highest BCUT2D eigenvalue weighted by atomic mass is 79.9. The van der Waals surface area contributed by atoms with E-state index < -0.39 is 0 Å². The van der Waals surface area contributed by atoms with Gasteiger partial charge < -0.3 is 5.32 Å². The molecule has 0 aliphatic carbocycles. The van der Waals surface area contributed by atoms with Crippen LogP contribution in [0.3, 0.4) is 0 Å². The van der Waals surface area contributed by atoms with E-state index in [-0.39, 0.29) is 6.04 Å². The van der Waals surface area contributed by atoms with Gasteiger partial charge in [0.2, 0.25) is 0 Å². The lowest BCUT2D eigenvalue weighted by Crippen LogP contribution is -2.17. The molecule has 1 heterocycles. The first-order valence-electron chi connectivity index (χ1n) is 5.49. The van der Waals surface area contributed by atoms with Gasteiger partial charge in [-0.2, -0.15) is 0 Å². The fraction of sp³-hybridized carbons (Fsp3) is 0.231. The molecule has 18 heavy (non-hydrogen) atoms. The van der Waals surface area contributed by atoms with E-state index >= 15 is 0 Å². The van der Waals surface area contributed by atoms with Crippen LogP contribution in [0.4, 0.5) is 0 Å². The lowest BCUT2D eigenvalue weighted by Gasteiger charge is -2.15. The summed E-state index contributed by atoms with van der Waals surface area (Å²) in [6.45, 7) is 2.97. The predicted molar refractivity (Wildman–Crippen MR) is 86.4 cm³/mol. The number of hydrogen-bond acceptors (Lipinski definition) is 2. The van der Waals surface area contributed by atoms with Gasteiger partial charge in [-0.3, -0.25) is 0 Å². The Bertz CT molecular complexity index is 542. The molecule has 0 saturated heterocycles. The molecule has 2 aromatic rings. The molecule has 5 heteroatoms. The molecule has 0 aliphatic rings. The predicted octanol–water partition coefficient (Wildman–Crippen LogP) is 5.78. The maximum absolute atomic E-state index is 6.24. The Labute approximate surface area is 133 Å². The minimum Gasteiger partial charge on any atom is -0.305 e. The molecule has 0 aliphatic heterocycles. The molecule has 1 nitrogen and oxygen atoms in total. The van der Waals surface area contributed by atoms with Gasteiger partial charge >= 0.3 is 0 Å². The Morgan fingerprint density at radius 1 is 1.28 bits per heavy atom. The Morgan fingerprint density at radius 3 is 2.67 bits per heavy atom. The molecule has 0 fully saturated rings. The molecule has 1 atom stereocenters. The average Bonchev–Trinajstić information content (AvgIpc) is 2.72. The first-order chi connectivity index (χ1) is 8.56. The van der Waals surface area contributed by atoms with Crippen molar-refractivity contribution in [3.8, 4) is 0 Å². The van der Waals surface area contributed by atoms with Gasteiger partial charge in [-0.05, 0) is 52.7 Å². The van der Waals surface area contributed by atoms with E-state index in [9.17, 15) is 0 Å². The van der Waals surface area contributed by atoms with Gasteiger partial charge in [0.1, 0.15) is 0 Å². The number of thiophene rings is 1. The zero-order valence-corrected chi connectivity index (χ0v) is 14.5. The van der Waals surface area contributed by atoms with Crippen LogP contribution in [0.25, 0.3) is 0 Å². The minimum atomic E-state index is 0.228. The molecule has 96 valence electrons. The highest BCUT2D eigenvalue weighted by Crippen LogP contribution is 2.27. The largest absolute Gasteiger partial charge is 0.305 e. The summed E-state index contributed by atoms with van der Waals surface area (Å²) in [5, 5.41) is 4.27. The summed E-state index contributed by atoms with van der Waals surface area (Å²) in [5.74, 6) is 0. The standard InChI is InChI=1S/C13H12Br2ClNS/c1-8(11-4-2-9(14)6-12(11)16)17-7-10-3-5-13(15)18-10/h2-6,8,17H,7H2,1H3. The summed E-state index contributed by atoms with van der Waals surface area (Å²) in [7, 11) is 0. The molecule has 1 N–H and O–H groups in total. The molecule has 2 rings (SSSR count). The van der Waals surface area contributed by atoms with Crippen LogP contribution in [-0.2, 0) is 6.54 Å². The quantitative estimate of drug-likeness (QED) is 0.675. The van der Waals surface area contributed by atoms with Crippen molar-refractivity contribution in [1.29, 1.82) is 0 Å². The summed E-state index contributed by atoms with van der Waals surface area (Å²) in [4.78, 5) is 1.31. The third-order valence-corrected chi connectivity index (χ3v) is 5.08. The van der Waals surface area contributed by atoms with Crippen LogP contribution in [0.15, 0.2) is 38.6 Å². The minimum absolute atomic E-state index is 0.228. The SMILES string of the molecule is CC(NCc1ccc(Br)s1)c1ccc(Br)cc1Cl. The van der Waals surface area contributed by atoms with E-state index in [0.717, 1.165) is 25.4 Å². The smallest absolute Gasteiger partial charge is 0.0701 e. The number of rotatable bonds is 4. The fourth-order valence-electron chi connectivity index (χ4n) is 1.66. The van der Waals surface area contributed by atoms with Gasteiger partial charge in [-0.1, -0.05) is 33.6 Å². The van der Waals surface area contributed by atoms with E-state index in [4.69, 9.17) is 11.6 Å². The second-order valence-electron chi connectivity index (χ2n) is 3.97.